The second-order valence-electron chi connectivity index (χ2n) is 4.38. The summed E-state index contributed by atoms with van der Waals surface area (Å²) in [4.78, 5) is 4.48. The van der Waals surface area contributed by atoms with Gasteiger partial charge in [0.25, 0.3) is 0 Å². The summed E-state index contributed by atoms with van der Waals surface area (Å²) in [5, 5.41) is 0.628. The predicted octanol–water partition coefficient (Wildman–Crippen LogP) is 5.56. The van der Waals surface area contributed by atoms with Gasteiger partial charge in [-0.3, -0.25) is 0 Å². The minimum absolute atomic E-state index is 0.519. The van der Waals surface area contributed by atoms with Gasteiger partial charge in [0.1, 0.15) is 5.52 Å². The summed E-state index contributed by atoms with van der Waals surface area (Å²) in [5.41, 5.74) is 9.89. The van der Waals surface area contributed by atoms with Gasteiger partial charge >= 0.3 is 0 Å². The summed E-state index contributed by atoms with van der Waals surface area (Å²) in [6, 6.07) is 7.24. The molecule has 1 heterocycles. The van der Waals surface area contributed by atoms with Crippen LogP contribution in [0.15, 0.2) is 37.6 Å². The number of aromatic nitrogens is 1. The number of hydrogen-bond donors (Lipinski definition) is 1. The zero-order chi connectivity index (χ0) is 14.4. The van der Waals surface area contributed by atoms with E-state index in [1.807, 2.05) is 13.0 Å². The van der Waals surface area contributed by atoms with E-state index in [4.69, 9.17) is 21.8 Å². The van der Waals surface area contributed by atoms with E-state index < -0.39 is 0 Å². The van der Waals surface area contributed by atoms with E-state index in [0.29, 0.717) is 22.2 Å². The van der Waals surface area contributed by atoms with Gasteiger partial charge in [0.05, 0.1) is 5.56 Å². The van der Waals surface area contributed by atoms with Crippen LogP contribution in [0.25, 0.3) is 22.6 Å². The third-order valence-electron chi connectivity index (χ3n) is 3.09. The summed E-state index contributed by atoms with van der Waals surface area (Å²) in [5.74, 6) is 0.519. The maximum absolute atomic E-state index is 6.05. The lowest BCUT2D eigenvalue weighted by molar-refractivity contribution is 0.619. The van der Waals surface area contributed by atoms with Gasteiger partial charge in [0.15, 0.2) is 5.58 Å². The molecular weight excluding hydrogens is 407 g/mol. The summed E-state index contributed by atoms with van der Waals surface area (Å²) in [6.07, 6.45) is 0. The van der Waals surface area contributed by atoms with Crippen molar-refractivity contribution in [2.24, 2.45) is 0 Å². The van der Waals surface area contributed by atoms with Gasteiger partial charge in [0, 0.05) is 19.7 Å². The molecule has 0 unspecified atom stereocenters. The lowest BCUT2D eigenvalue weighted by Crippen LogP contribution is -1.95. The molecule has 20 heavy (non-hydrogen) atoms. The maximum atomic E-state index is 6.05. The van der Waals surface area contributed by atoms with Crippen molar-refractivity contribution in [2.45, 2.75) is 6.92 Å². The molecule has 0 saturated heterocycles. The number of nitrogens with zero attached hydrogens (tertiary/aromatic N) is 1. The van der Waals surface area contributed by atoms with Crippen LogP contribution in [0.2, 0.25) is 5.02 Å². The van der Waals surface area contributed by atoms with Crippen molar-refractivity contribution in [3.8, 4) is 11.5 Å². The third-order valence-corrected chi connectivity index (χ3v) is 4.61. The molecule has 0 spiro atoms. The number of nitrogen functional groups attached to an aromatic ring is 1. The molecule has 3 aromatic rings. The van der Waals surface area contributed by atoms with Gasteiger partial charge in [-0.1, -0.05) is 11.6 Å². The zero-order valence-corrected chi connectivity index (χ0v) is 14.3. The second-order valence-corrected chi connectivity index (χ2v) is 6.53. The molecule has 3 nitrogen and oxygen atoms in total. The largest absolute Gasteiger partial charge is 0.436 e. The second kappa shape index (κ2) is 5.06. The lowest BCUT2D eigenvalue weighted by Gasteiger charge is -2.09. The number of benzene rings is 2. The van der Waals surface area contributed by atoms with E-state index in [2.05, 4.69) is 36.8 Å². The molecule has 0 amide bonds. The Kier molecular flexibility index (Phi) is 3.52. The fourth-order valence-corrected chi connectivity index (χ4v) is 3.72. The van der Waals surface area contributed by atoms with Gasteiger partial charge in [-0.15, -0.1) is 0 Å². The molecule has 0 aliphatic heterocycles. The van der Waals surface area contributed by atoms with Crippen molar-refractivity contribution in [3.05, 3.63) is 43.8 Å². The highest BCUT2D eigenvalue weighted by Gasteiger charge is 2.17. The van der Waals surface area contributed by atoms with Crippen molar-refractivity contribution in [1.29, 1.82) is 0 Å². The minimum atomic E-state index is 0.519. The van der Waals surface area contributed by atoms with E-state index in [0.717, 1.165) is 25.6 Å². The Morgan fingerprint density at radius 3 is 2.70 bits per heavy atom. The van der Waals surface area contributed by atoms with Crippen LogP contribution < -0.4 is 5.73 Å². The van der Waals surface area contributed by atoms with Crippen LogP contribution in [0.5, 0.6) is 0 Å². The molecule has 0 aliphatic rings. The molecule has 0 bridgehead atoms. The zero-order valence-electron chi connectivity index (χ0n) is 10.4. The first kappa shape index (κ1) is 13.9. The van der Waals surface area contributed by atoms with Crippen LogP contribution >= 0.6 is 43.5 Å². The van der Waals surface area contributed by atoms with Crippen LogP contribution in [0.1, 0.15) is 5.56 Å². The Balaban J connectivity index is 2.28. The van der Waals surface area contributed by atoms with Crippen LogP contribution in [0.3, 0.4) is 0 Å². The number of halogens is 3. The van der Waals surface area contributed by atoms with Crippen LogP contribution in [0, 0.1) is 6.92 Å². The number of nitrogens with two attached hydrogens (primary N) is 1. The molecule has 0 saturated carbocycles. The van der Waals surface area contributed by atoms with Gasteiger partial charge in [0.2, 0.25) is 5.89 Å². The van der Waals surface area contributed by atoms with Crippen molar-refractivity contribution >= 4 is 60.2 Å². The van der Waals surface area contributed by atoms with E-state index >= 15 is 0 Å². The number of hydrogen-bond acceptors (Lipinski definition) is 3. The number of rotatable bonds is 1. The number of fused-ring (bicyclic) bond motifs is 1. The number of anilines is 1. The topological polar surface area (TPSA) is 52.0 Å². The Bertz CT molecular complexity index is 830. The lowest BCUT2D eigenvalue weighted by atomic mass is 10.1. The molecule has 2 N–H and O–H groups in total. The van der Waals surface area contributed by atoms with Crippen molar-refractivity contribution in [3.63, 3.8) is 0 Å². The van der Waals surface area contributed by atoms with Gasteiger partial charge in [-0.25, -0.2) is 4.98 Å². The van der Waals surface area contributed by atoms with E-state index in [1.165, 1.54) is 0 Å². The molecule has 0 aliphatic carbocycles. The summed E-state index contributed by atoms with van der Waals surface area (Å²) >= 11 is 12.9. The van der Waals surface area contributed by atoms with Crippen molar-refractivity contribution < 1.29 is 4.42 Å². The summed E-state index contributed by atoms with van der Waals surface area (Å²) in [6.45, 7) is 1.93. The highest BCUT2D eigenvalue weighted by atomic mass is 79.9. The fraction of sp³-hybridized carbons (Fsp3) is 0.0714. The van der Waals surface area contributed by atoms with Gasteiger partial charge in [-0.2, -0.15) is 0 Å². The Morgan fingerprint density at radius 1 is 1.20 bits per heavy atom. The average Bonchev–Trinajstić information content (AvgIpc) is 2.78. The van der Waals surface area contributed by atoms with Gasteiger partial charge in [-0.05, 0) is 68.6 Å². The average molecular weight is 417 g/mol. The first-order valence-electron chi connectivity index (χ1n) is 5.78. The first-order chi connectivity index (χ1) is 9.47. The minimum Gasteiger partial charge on any atom is -0.436 e. The maximum Gasteiger partial charge on any atom is 0.228 e. The molecular formula is C14H9Br2ClN2O. The van der Waals surface area contributed by atoms with E-state index in [1.54, 1.807) is 18.2 Å². The smallest absolute Gasteiger partial charge is 0.228 e. The molecule has 0 fully saturated rings. The fourth-order valence-electron chi connectivity index (χ4n) is 2.02. The SMILES string of the molecule is Cc1c(N)c(Br)cc(Br)c1-c1nc2cc(Cl)ccc2o1. The van der Waals surface area contributed by atoms with Crippen LogP contribution in [-0.4, -0.2) is 4.98 Å². The highest BCUT2D eigenvalue weighted by Crippen LogP contribution is 2.39. The highest BCUT2D eigenvalue weighted by molar-refractivity contribution is 9.11. The molecule has 0 atom stereocenters. The van der Waals surface area contributed by atoms with Crippen molar-refractivity contribution in [1.82, 2.24) is 4.98 Å². The first-order valence-corrected chi connectivity index (χ1v) is 7.74. The Hall–Kier alpha value is -1.04. The number of oxazole rings is 1. The summed E-state index contributed by atoms with van der Waals surface area (Å²) in [7, 11) is 0. The Labute approximate surface area is 137 Å². The molecule has 6 heteroatoms. The molecule has 0 radical (unpaired) electrons. The Morgan fingerprint density at radius 2 is 1.95 bits per heavy atom. The predicted molar refractivity (Wildman–Crippen MR) is 89.0 cm³/mol. The summed E-state index contributed by atoms with van der Waals surface area (Å²) < 4.78 is 7.50. The quantitative estimate of drug-likeness (QED) is 0.528. The third kappa shape index (κ3) is 2.24. The van der Waals surface area contributed by atoms with Crippen LogP contribution in [-0.2, 0) is 0 Å². The van der Waals surface area contributed by atoms with E-state index in [-0.39, 0.29) is 0 Å². The molecule has 102 valence electrons. The monoisotopic (exact) mass is 414 g/mol. The standard InChI is InChI=1S/C14H9Br2ClN2O/c1-6-12(8(15)5-9(16)13(6)18)14-19-10-4-7(17)2-3-11(10)20-14/h2-5H,18H2,1H3. The van der Waals surface area contributed by atoms with Crippen molar-refractivity contribution in [2.75, 3.05) is 5.73 Å². The normalized spacial score (nSPS) is 11.2. The molecule has 1 aromatic heterocycles. The van der Waals surface area contributed by atoms with Gasteiger partial charge < -0.3 is 10.2 Å². The van der Waals surface area contributed by atoms with Crippen LogP contribution in [0.4, 0.5) is 5.69 Å². The molecule has 2 aromatic carbocycles. The van der Waals surface area contributed by atoms with E-state index in [9.17, 15) is 0 Å². The molecule has 3 rings (SSSR count).